The van der Waals surface area contributed by atoms with Crippen LogP contribution in [0, 0.1) is 19.8 Å². The summed E-state index contributed by atoms with van der Waals surface area (Å²) in [5.74, 6) is -0.152. The Kier molecular flexibility index (Phi) is 4.35. The summed E-state index contributed by atoms with van der Waals surface area (Å²) >= 11 is 0. The fourth-order valence-electron chi connectivity index (χ4n) is 3.83. The van der Waals surface area contributed by atoms with Crippen LogP contribution in [0.5, 0.6) is 0 Å². The number of aliphatic hydroxyl groups excluding tert-OH is 1. The number of aryl methyl sites for hydroxylation is 3. The zero-order chi connectivity index (χ0) is 19.1. The van der Waals surface area contributed by atoms with Crippen LogP contribution in [0.3, 0.4) is 0 Å². The van der Waals surface area contributed by atoms with Gasteiger partial charge in [-0.2, -0.15) is 5.10 Å². The topological polar surface area (TPSA) is 97.0 Å². The molecule has 0 aromatic carbocycles. The Labute approximate surface area is 156 Å². The molecule has 0 aliphatic carbocycles. The van der Waals surface area contributed by atoms with E-state index in [0.717, 1.165) is 22.5 Å². The summed E-state index contributed by atoms with van der Waals surface area (Å²) in [4.78, 5) is 27.8. The third kappa shape index (κ3) is 3.16. The van der Waals surface area contributed by atoms with Gasteiger partial charge < -0.3 is 10.0 Å². The van der Waals surface area contributed by atoms with Crippen LogP contribution in [0.25, 0.3) is 11.0 Å². The van der Waals surface area contributed by atoms with Gasteiger partial charge in [-0.1, -0.05) is 0 Å². The van der Waals surface area contributed by atoms with Crippen molar-refractivity contribution in [3.05, 3.63) is 47.3 Å². The Morgan fingerprint density at radius 3 is 2.85 bits per heavy atom. The lowest BCUT2D eigenvalue weighted by atomic mass is 10.0. The minimum Gasteiger partial charge on any atom is -0.391 e. The van der Waals surface area contributed by atoms with Gasteiger partial charge in [-0.25, -0.2) is 4.98 Å². The number of aromatic nitrogens is 5. The van der Waals surface area contributed by atoms with E-state index in [-0.39, 0.29) is 11.8 Å². The average Bonchev–Trinajstić information content (AvgIpc) is 3.14. The van der Waals surface area contributed by atoms with Gasteiger partial charge in [0.05, 0.1) is 28.4 Å². The lowest BCUT2D eigenvalue weighted by Gasteiger charge is -2.17. The van der Waals surface area contributed by atoms with Crippen molar-refractivity contribution in [2.45, 2.75) is 26.4 Å². The van der Waals surface area contributed by atoms with E-state index in [4.69, 9.17) is 0 Å². The fourth-order valence-corrected chi connectivity index (χ4v) is 3.83. The van der Waals surface area contributed by atoms with E-state index in [0.29, 0.717) is 30.7 Å². The average molecular weight is 366 g/mol. The third-order valence-electron chi connectivity index (χ3n) is 5.11. The van der Waals surface area contributed by atoms with E-state index in [2.05, 4.69) is 20.1 Å². The highest BCUT2D eigenvalue weighted by molar-refractivity contribution is 6.06. The van der Waals surface area contributed by atoms with Gasteiger partial charge in [0.25, 0.3) is 5.91 Å². The van der Waals surface area contributed by atoms with Crippen molar-refractivity contribution in [3.8, 4) is 0 Å². The Morgan fingerprint density at radius 1 is 1.30 bits per heavy atom. The first-order valence-electron chi connectivity index (χ1n) is 8.97. The predicted molar refractivity (Wildman–Crippen MR) is 99.1 cm³/mol. The highest BCUT2D eigenvalue weighted by atomic mass is 16.3. The van der Waals surface area contributed by atoms with Gasteiger partial charge in [0.15, 0.2) is 5.65 Å². The summed E-state index contributed by atoms with van der Waals surface area (Å²) in [6, 6.07) is 1.81. The molecule has 2 atom stereocenters. The molecule has 1 amide bonds. The van der Waals surface area contributed by atoms with Crippen molar-refractivity contribution in [1.82, 2.24) is 29.6 Å². The number of carbonyl (C=O) groups is 1. The molecule has 0 bridgehead atoms. The van der Waals surface area contributed by atoms with Crippen molar-refractivity contribution in [2.24, 2.45) is 13.0 Å². The maximum atomic E-state index is 13.2. The molecule has 1 N–H and O–H groups in total. The summed E-state index contributed by atoms with van der Waals surface area (Å²) < 4.78 is 1.70. The van der Waals surface area contributed by atoms with Gasteiger partial charge in [0.1, 0.15) is 0 Å². The molecule has 1 aliphatic rings. The number of hydrogen-bond donors (Lipinski definition) is 1. The monoisotopic (exact) mass is 366 g/mol. The first-order chi connectivity index (χ1) is 12.9. The lowest BCUT2D eigenvalue weighted by molar-refractivity contribution is 0.0766. The van der Waals surface area contributed by atoms with Crippen LogP contribution in [0.15, 0.2) is 24.7 Å². The molecular weight excluding hydrogens is 344 g/mol. The second-order valence-corrected chi connectivity index (χ2v) is 7.16. The lowest BCUT2D eigenvalue weighted by Crippen LogP contribution is -2.30. The molecule has 8 heteroatoms. The summed E-state index contributed by atoms with van der Waals surface area (Å²) in [5.41, 5.74) is 3.66. The first-order valence-corrected chi connectivity index (χ1v) is 8.97. The number of nitrogens with zero attached hydrogens (tertiary/aromatic N) is 6. The van der Waals surface area contributed by atoms with Crippen LogP contribution in [0.1, 0.15) is 27.4 Å². The van der Waals surface area contributed by atoms with Crippen molar-refractivity contribution < 1.29 is 9.90 Å². The van der Waals surface area contributed by atoms with Crippen LogP contribution >= 0.6 is 0 Å². The minimum atomic E-state index is -0.579. The number of fused-ring (bicyclic) bond motifs is 1. The first kappa shape index (κ1) is 17.5. The number of likely N-dealkylation sites (tertiary alicyclic amines) is 1. The van der Waals surface area contributed by atoms with Crippen molar-refractivity contribution in [2.75, 3.05) is 13.1 Å². The van der Waals surface area contributed by atoms with Crippen molar-refractivity contribution in [1.29, 1.82) is 0 Å². The van der Waals surface area contributed by atoms with E-state index in [1.807, 2.05) is 27.0 Å². The third-order valence-corrected chi connectivity index (χ3v) is 5.11. The van der Waals surface area contributed by atoms with Crippen LogP contribution in [0.4, 0.5) is 0 Å². The maximum Gasteiger partial charge on any atom is 0.254 e. The number of rotatable bonds is 3. The Bertz CT molecular complexity index is 1000. The Balaban J connectivity index is 1.61. The molecule has 3 aromatic rings. The zero-order valence-electron chi connectivity index (χ0n) is 15.6. The zero-order valence-corrected chi connectivity index (χ0v) is 15.6. The smallest absolute Gasteiger partial charge is 0.254 e. The van der Waals surface area contributed by atoms with Crippen LogP contribution in [-0.4, -0.2) is 59.8 Å². The molecule has 4 rings (SSSR count). The predicted octanol–water partition coefficient (Wildman–Crippen LogP) is 1.05. The molecule has 0 saturated carbocycles. The van der Waals surface area contributed by atoms with E-state index in [1.54, 1.807) is 28.2 Å². The van der Waals surface area contributed by atoms with E-state index >= 15 is 0 Å². The SMILES string of the molecule is Cc1cc(C(=O)N2C[C@@H](Cc3cnccn3)[C@H](O)C2)c2c(C)nn(C)c2n1. The molecule has 27 heavy (non-hydrogen) atoms. The molecule has 0 radical (unpaired) electrons. The highest BCUT2D eigenvalue weighted by Gasteiger charge is 2.35. The van der Waals surface area contributed by atoms with Gasteiger partial charge in [-0.15, -0.1) is 0 Å². The van der Waals surface area contributed by atoms with E-state index in [1.165, 1.54) is 0 Å². The van der Waals surface area contributed by atoms with Gasteiger partial charge in [0.2, 0.25) is 0 Å². The standard InChI is InChI=1S/C19H22N6O2/c1-11-6-15(17-12(2)23-24(3)18(17)22-11)19(27)25-9-13(16(26)10-25)7-14-8-20-4-5-21-14/h4-6,8,13,16,26H,7,9-10H2,1-3H3/t13-,16-/m1/s1. The number of carbonyl (C=O) groups excluding carboxylic acids is 1. The number of amides is 1. The Morgan fingerprint density at radius 2 is 2.11 bits per heavy atom. The largest absolute Gasteiger partial charge is 0.391 e. The van der Waals surface area contributed by atoms with Crippen LogP contribution in [-0.2, 0) is 13.5 Å². The Hall–Kier alpha value is -2.87. The molecule has 8 nitrogen and oxygen atoms in total. The summed E-state index contributed by atoms with van der Waals surface area (Å²) in [6.45, 7) is 4.55. The minimum absolute atomic E-state index is 0.0564. The maximum absolute atomic E-state index is 13.2. The van der Waals surface area contributed by atoms with Gasteiger partial charge in [-0.3, -0.25) is 19.4 Å². The highest BCUT2D eigenvalue weighted by Crippen LogP contribution is 2.27. The van der Waals surface area contributed by atoms with Gasteiger partial charge in [0, 0.05) is 50.3 Å². The molecule has 3 aromatic heterocycles. The quantitative estimate of drug-likeness (QED) is 0.744. The normalized spacial score (nSPS) is 19.8. The molecule has 0 spiro atoms. The summed E-state index contributed by atoms with van der Waals surface area (Å²) in [7, 11) is 1.83. The van der Waals surface area contributed by atoms with Crippen LogP contribution < -0.4 is 0 Å². The van der Waals surface area contributed by atoms with Crippen molar-refractivity contribution in [3.63, 3.8) is 0 Å². The second kappa shape index (κ2) is 6.70. The van der Waals surface area contributed by atoms with Gasteiger partial charge >= 0.3 is 0 Å². The van der Waals surface area contributed by atoms with E-state index < -0.39 is 6.10 Å². The number of pyridine rings is 1. The molecule has 140 valence electrons. The fraction of sp³-hybridized carbons (Fsp3) is 0.421. The van der Waals surface area contributed by atoms with E-state index in [9.17, 15) is 9.90 Å². The van der Waals surface area contributed by atoms with Gasteiger partial charge in [-0.05, 0) is 26.3 Å². The molecule has 4 heterocycles. The summed E-state index contributed by atoms with van der Waals surface area (Å²) in [6.07, 6.45) is 4.98. The number of aliphatic hydroxyl groups is 1. The second-order valence-electron chi connectivity index (χ2n) is 7.16. The number of β-amino-alcohol motifs (C(OH)–C–C–N with tert-alkyl or cyclic N) is 1. The molecule has 1 saturated heterocycles. The van der Waals surface area contributed by atoms with Crippen LogP contribution in [0.2, 0.25) is 0 Å². The van der Waals surface area contributed by atoms with Crippen molar-refractivity contribution >= 4 is 16.9 Å². The number of hydrogen-bond acceptors (Lipinski definition) is 6. The molecule has 1 aliphatic heterocycles. The molecule has 1 fully saturated rings. The molecular formula is C19H22N6O2. The molecule has 0 unspecified atom stereocenters. The summed E-state index contributed by atoms with van der Waals surface area (Å²) in [5, 5.41) is 15.7.